The molecule has 1 aromatic carbocycles. The molecular weight excluding hydrogens is 308 g/mol. The summed E-state index contributed by atoms with van der Waals surface area (Å²) in [5.41, 5.74) is 7.18. The summed E-state index contributed by atoms with van der Waals surface area (Å²) in [6.45, 7) is 5.13. The summed E-state index contributed by atoms with van der Waals surface area (Å²) < 4.78 is 6.02. The maximum absolute atomic E-state index is 10.8. The first kappa shape index (κ1) is 14.2. The first-order valence-corrected chi connectivity index (χ1v) is 7.30. The van der Waals surface area contributed by atoms with E-state index in [1.807, 2.05) is 13.0 Å². The highest BCUT2D eigenvalue weighted by Crippen LogP contribution is 2.31. The normalized spacial score (nSPS) is 20.4. The zero-order chi connectivity index (χ0) is 14.0. The van der Waals surface area contributed by atoms with Gasteiger partial charge < -0.3 is 15.4 Å². The molecule has 4 nitrogen and oxygen atoms in total. The van der Waals surface area contributed by atoms with Crippen molar-refractivity contribution in [1.82, 2.24) is 0 Å². The third-order valence-electron chi connectivity index (χ3n) is 3.55. The molecule has 1 heterocycles. The van der Waals surface area contributed by atoms with E-state index in [0.717, 1.165) is 22.3 Å². The molecule has 0 aromatic heterocycles. The van der Waals surface area contributed by atoms with E-state index >= 15 is 0 Å². The van der Waals surface area contributed by atoms with Crippen LogP contribution in [0.4, 0.5) is 10.5 Å². The molecule has 19 heavy (non-hydrogen) atoms. The molecule has 0 bridgehead atoms. The van der Waals surface area contributed by atoms with Crippen molar-refractivity contribution in [1.29, 1.82) is 0 Å². The minimum absolute atomic E-state index is 0.341. The van der Waals surface area contributed by atoms with E-state index in [1.165, 1.54) is 12.8 Å². The van der Waals surface area contributed by atoms with Gasteiger partial charge in [0.2, 0.25) is 0 Å². The highest BCUT2D eigenvalue weighted by Gasteiger charge is 2.22. The molecule has 1 amide bonds. The second-order valence-corrected chi connectivity index (χ2v) is 5.92. The van der Waals surface area contributed by atoms with Gasteiger partial charge in [-0.05, 0) is 50.5 Å². The number of ether oxygens (including phenoxy) is 1. The summed E-state index contributed by atoms with van der Waals surface area (Å²) in [6, 6.07) is 6.68. The molecule has 1 unspecified atom stereocenters. The van der Waals surface area contributed by atoms with Crippen molar-refractivity contribution >= 4 is 27.7 Å². The number of primary amides is 1. The van der Waals surface area contributed by atoms with Gasteiger partial charge in [-0.3, -0.25) is 0 Å². The summed E-state index contributed by atoms with van der Waals surface area (Å²) in [4.78, 5) is 13.2. The van der Waals surface area contributed by atoms with Crippen LogP contribution in [0.1, 0.15) is 38.4 Å². The molecule has 5 heteroatoms. The van der Waals surface area contributed by atoms with Crippen molar-refractivity contribution in [2.45, 2.75) is 38.8 Å². The van der Waals surface area contributed by atoms with Crippen LogP contribution in [0.2, 0.25) is 0 Å². The van der Waals surface area contributed by atoms with E-state index < -0.39 is 6.09 Å². The summed E-state index contributed by atoms with van der Waals surface area (Å²) >= 11 is 3.52. The van der Waals surface area contributed by atoms with Gasteiger partial charge in [0.25, 0.3) is 0 Å². The first-order valence-electron chi connectivity index (χ1n) is 6.50. The molecule has 1 aromatic rings. The van der Waals surface area contributed by atoms with E-state index in [2.05, 4.69) is 39.9 Å². The molecule has 1 aliphatic rings. The van der Waals surface area contributed by atoms with Crippen LogP contribution < -0.4 is 10.6 Å². The fourth-order valence-electron chi connectivity index (χ4n) is 2.56. The number of nitrogens with two attached hydrogens (primary N) is 1. The number of carbonyl (C=O) groups excluding carboxylic acids is 1. The van der Waals surface area contributed by atoms with Crippen LogP contribution in [0.3, 0.4) is 0 Å². The highest BCUT2D eigenvalue weighted by atomic mass is 79.9. The minimum atomic E-state index is -0.747. The molecule has 104 valence electrons. The smallest absolute Gasteiger partial charge is 0.405 e. The van der Waals surface area contributed by atoms with Gasteiger partial charge in [0.15, 0.2) is 0 Å². The number of nitrogens with zero attached hydrogens (tertiary/aromatic N) is 1. The molecular formula is C14H19BrN2O2. The van der Waals surface area contributed by atoms with Gasteiger partial charge >= 0.3 is 6.09 Å². The summed E-state index contributed by atoms with van der Waals surface area (Å²) in [7, 11) is 0. The Kier molecular flexibility index (Phi) is 4.34. The number of anilines is 1. The van der Waals surface area contributed by atoms with Gasteiger partial charge in [-0.15, -0.1) is 0 Å². The Bertz CT molecular complexity index is 479. The van der Waals surface area contributed by atoms with E-state index in [4.69, 9.17) is 10.5 Å². The molecule has 2 rings (SSSR count). The van der Waals surface area contributed by atoms with E-state index in [1.54, 1.807) is 0 Å². The van der Waals surface area contributed by atoms with Gasteiger partial charge in [-0.25, -0.2) is 4.79 Å². The van der Waals surface area contributed by atoms with Crippen LogP contribution in [0, 0.1) is 0 Å². The minimum Gasteiger partial charge on any atom is -0.442 e. The Morgan fingerprint density at radius 3 is 2.84 bits per heavy atom. The van der Waals surface area contributed by atoms with E-state index in [-0.39, 0.29) is 6.10 Å². The standard InChI is InChI=1S/C14H19BrN2O2/c1-9-4-3-5-17(9)13-7-11(6-12(15)8-13)10(2)19-14(16)18/h6-10H,3-5H2,1-2H3,(H2,16,18)/t9-,10?/m1/s1. The number of benzene rings is 1. The fraction of sp³-hybridized carbons (Fsp3) is 0.500. The monoisotopic (exact) mass is 326 g/mol. The lowest BCUT2D eigenvalue weighted by molar-refractivity contribution is 0.116. The number of hydrogen-bond acceptors (Lipinski definition) is 3. The maximum Gasteiger partial charge on any atom is 0.405 e. The van der Waals surface area contributed by atoms with Crippen molar-refractivity contribution in [3.05, 3.63) is 28.2 Å². The molecule has 0 radical (unpaired) electrons. The van der Waals surface area contributed by atoms with Crippen LogP contribution in [0.25, 0.3) is 0 Å². The number of halogens is 1. The average Bonchev–Trinajstić information content (AvgIpc) is 2.73. The molecule has 1 saturated heterocycles. The second kappa shape index (κ2) is 5.82. The zero-order valence-corrected chi connectivity index (χ0v) is 12.8. The Morgan fingerprint density at radius 1 is 1.53 bits per heavy atom. The van der Waals surface area contributed by atoms with Crippen molar-refractivity contribution in [3.8, 4) is 0 Å². The van der Waals surface area contributed by atoms with Gasteiger partial charge in [0.05, 0.1) is 0 Å². The third-order valence-corrected chi connectivity index (χ3v) is 4.01. The predicted molar refractivity (Wildman–Crippen MR) is 79.3 cm³/mol. The van der Waals surface area contributed by atoms with E-state index in [0.29, 0.717) is 6.04 Å². The van der Waals surface area contributed by atoms with Crippen molar-refractivity contribution in [3.63, 3.8) is 0 Å². The summed E-state index contributed by atoms with van der Waals surface area (Å²) in [5.74, 6) is 0. The van der Waals surface area contributed by atoms with Crippen LogP contribution in [0.5, 0.6) is 0 Å². The molecule has 1 fully saturated rings. The Morgan fingerprint density at radius 2 is 2.26 bits per heavy atom. The van der Waals surface area contributed by atoms with Gasteiger partial charge in [-0.1, -0.05) is 15.9 Å². The lowest BCUT2D eigenvalue weighted by Gasteiger charge is -2.25. The van der Waals surface area contributed by atoms with Crippen LogP contribution in [-0.4, -0.2) is 18.7 Å². The van der Waals surface area contributed by atoms with Crippen LogP contribution in [0.15, 0.2) is 22.7 Å². The lowest BCUT2D eigenvalue weighted by Crippen LogP contribution is -2.26. The van der Waals surface area contributed by atoms with Crippen LogP contribution in [-0.2, 0) is 4.74 Å². The Balaban J connectivity index is 2.26. The number of hydrogen-bond donors (Lipinski definition) is 1. The fourth-order valence-corrected chi connectivity index (χ4v) is 3.05. The SMILES string of the molecule is CC(OC(N)=O)c1cc(Br)cc(N2CCC[C@H]2C)c1. The van der Waals surface area contributed by atoms with Crippen molar-refractivity contribution < 1.29 is 9.53 Å². The Labute approximate surface area is 122 Å². The summed E-state index contributed by atoms with van der Waals surface area (Å²) in [6.07, 6.45) is 1.35. The quantitative estimate of drug-likeness (QED) is 0.923. The second-order valence-electron chi connectivity index (χ2n) is 5.01. The largest absolute Gasteiger partial charge is 0.442 e. The number of carbonyl (C=O) groups is 1. The number of amides is 1. The molecule has 0 aliphatic carbocycles. The zero-order valence-electron chi connectivity index (χ0n) is 11.2. The van der Waals surface area contributed by atoms with E-state index in [9.17, 15) is 4.79 Å². The highest BCUT2D eigenvalue weighted by molar-refractivity contribution is 9.10. The third kappa shape index (κ3) is 3.41. The summed E-state index contributed by atoms with van der Waals surface area (Å²) in [5, 5.41) is 0. The molecule has 1 aliphatic heterocycles. The lowest BCUT2D eigenvalue weighted by atomic mass is 10.1. The molecule has 2 atom stereocenters. The van der Waals surface area contributed by atoms with Crippen LogP contribution >= 0.6 is 15.9 Å². The van der Waals surface area contributed by atoms with Crippen molar-refractivity contribution in [2.24, 2.45) is 5.73 Å². The van der Waals surface area contributed by atoms with Crippen molar-refractivity contribution in [2.75, 3.05) is 11.4 Å². The molecule has 0 saturated carbocycles. The Hall–Kier alpha value is -1.23. The first-order chi connectivity index (χ1) is 8.97. The van der Waals surface area contributed by atoms with Gasteiger partial charge in [-0.2, -0.15) is 0 Å². The van der Waals surface area contributed by atoms with Gasteiger partial charge in [0.1, 0.15) is 6.10 Å². The predicted octanol–water partition coefficient (Wildman–Crippen LogP) is 3.59. The molecule has 0 spiro atoms. The topological polar surface area (TPSA) is 55.6 Å². The average molecular weight is 327 g/mol. The molecule has 2 N–H and O–H groups in total. The maximum atomic E-state index is 10.8. The number of rotatable bonds is 3. The van der Waals surface area contributed by atoms with Gasteiger partial charge in [0, 0.05) is 22.7 Å².